The van der Waals surface area contributed by atoms with Crippen LogP contribution in [0.3, 0.4) is 0 Å². The number of pyridine rings is 1. The lowest BCUT2D eigenvalue weighted by molar-refractivity contribution is 0.269. The standard InChI is InChI=1S/C27H35N5S/c1-7-30(8-2)21-12-14-22(15-13-21)32-19(5)17-23(20(32)6)26-25(24-11-9-10-16-28-24)29-27(33)31(26)18(3)4/h9-18,25-26H,7-8H2,1-6H3,(H,29,33)/t25-,26+/m1/s1. The van der Waals surface area contributed by atoms with Crippen molar-refractivity contribution in [3.05, 3.63) is 77.4 Å². The molecule has 0 amide bonds. The van der Waals surface area contributed by atoms with Crippen LogP contribution in [0, 0.1) is 13.8 Å². The van der Waals surface area contributed by atoms with Crippen molar-refractivity contribution in [3.63, 3.8) is 0 Å². The molecular formula is C27H35N5S. The number of nitrogens with zero attached hydrogens (tertiary/aromatic N) is 4. The van der Waals surface area contributed by atoms with Gasteiger partial charge in [0.15, 0.2) is 5.11 Å². The Morgan fingerprint density at radius 2 is 1.76 bits per heavy atom. The number of anilines is 1. The van der Waals surface area contributed by atoms with Crippen LogP contribution in [0.4, 0.5) is 5.69 Å². The lowest BCUT2D eigenvalue weighted by Crippen LogP contribution is -2.35. The summed E-state index contributed by atoms with van der Waals surface area (Å²) < 4.78 is 2.36. The number of nitrogens with one attached hydrogen (secondary N) is 1. The lowest BCUT2D eigenvalue weighted by Gasteiger charge is -2.31. The average molecular weight is 462 g/mol. The Labute approximate surface area is 203 Å². The molecule has 0 aliphatic carbocycles. The van der Waals surface area contributed by atoms with E-state index < -0.39 is 0 Å². The first-order valence-electron chi connectivity index (χ1n) is 11.9. The zero-order valence-corrected chi connectivity index (χ0v) is 21.4. The molecule has 0 unspecified atom stereocenters. The summed E-state index contributed by atoms with van der Waals surface area (Å²) in [5, 5.41) is 4.35. The van der Waals surface area contributed by atoms with Crippen LogP contribution < -0.4 is 10.2 Å². The van der Waals surface area contributed by atoms with Gasteiger partial charge < -0.3 is 19.7 Å². The molecule has 33 heavy (non-hydrogen) atoms. The van der Waals surface area contributed by atoms with Gasteiger partial charge in [-0.25, -0.2) is 0 Å². The van der Waals surface area contributed by atoms with Gasteiger partial charge in [0.2, 0.25) is 0 Å². The normalized spacial score (nSPS) is 18.2. The van der Waals surface area contributed by atoms with Crippen LogP contribution >= 0.6 is 12.2 Å². The molecule has 1 aromatic carbocycles. The van der Waals surface area contributed by atoms with Crippen LogP contribution in [0.2, 0.25) is 0 Å². The van der Waals surface area contributed by atoms with Crippen molar-refractivity contribution in [2.45, 2.75) is 59.7 Å². The summed E-state index contributed by atoms with van der Waals surface area (Å²) in [5.41, 5.74) is 7.22. The van der Waals surface area contributed by atoms with Gasteiger partial charge in [-0.2, -0.15) is 0 Å². The third-order valence-electron chi connectivity index (χ3n) is 6.72. The topological polar surface area (TPSA) is 36.3 Å². The molecule has 0 saturated carbocycles. The van der Waals surface area contributed by atoms with E-state index in [-0.39, 0.29) is 18.1 Å². The third kappa shape index (κ3) is 4.24. The van der Waals surface area contributed by atoms with E-state index in [1.165, 1.54) is 28.3 Å². The van der Waals surface area contributed by atoms with Gasteiger partial charge in [0.1, 0.15) is 0 Å². The van der Waals surface area contributed by atoms with E-state index in [1.807, 2.05) is 18.3 Å². The van der Waals surface area contributed by atoms with Gasteiger partial charge in [-0.05, 0) is 102 Å². The van der Waals surface area contributed by atoms with Crippen molar-refractivity contribution in [2.75, 3.05) is 18.0 Å². The molecule has 0 bridgehead atoms. The van der Waals surface area contributed by atoms with Crippen LogP contribution in [0.15, 0.2) is 54.7 Å². The lowest BCUT2D eigenvalue weighted by atomic mass is 9.96. The van der Waals surface area contributed by atoms with Gasteiger partial charge in [-0.3, -0.25) is 4.98 Å². The smallest absolute Gasteiger partial charge is 0.170 e. The summed E-state index contributed by atoms with van der Waals surface area (Å²) in [7, 11) is 0. The Morgan fingerprint density at radius 1 is 1.06 bits per heavy atom. The van der Waals surface area contributed by atoms with Crippen LogP contribution in [0.1, 0.15) is 62.4 Å². The molecule has 2 aromatic heterocycles. The predicted octanol–water partition coefficient (Wildman–Crippen LogP) is 5.72. The molecular weight excluding hydrogens is 426 g/mol. The Morgan fingerprint density at radius 3 is 2.33 bits per heavy atom. The van der Waals surface area contributed by atoms with E-state index in [4.69, 9.17) is 12.2 Å². The maximum absolute atomic E-state index is 5.78. The fourth-order valence-corrected chi connectivity index (χ4v) is 5.59. The number of aromatic nitrogens is 2. The highest BCUT2D eigenvalue weighted by atomic mass is 32.1. The Balaban J connectivity index is 1.77. The minimum absolute atomic E-state index is 0.0140. The first-order valence-corrected chi connectivity index (χ1v) is 12.3. The minimum Gasteiger partial charge on any atom is -0.372 e. The van der Waals surface area contributed by atoms with E-state index in [0.717, 1.165) is 23.9 Å². The van der Waals surface area contributed by atoms with Crippen LogP contribution in [-0.4, -0.2) is 38.7 Å². The molecule has 5 nitrogen and oxygen atoms in total. The summed E-state index contributed by atoms with van der Waals surface area (Å²) in [4.78, 5) is 9.36. The Hall–Kier alpha value is -2.86. The Kier molecular flexibility index (Phi) is 6.75. The highest BCUT2D eigenvalue weighted by molar-refractivity contribution is 7.80. The molecule has 1 N–H and O–H groups in total. The van der Waals surface area contributed by atoms with Crippen LogP contribution in [0.5, 0.6) is 0 Å². The summed E-state index contributed by atoms with van der Waals surface area (Å²) >= 11 is 5.78. The second-order valence-corrected chi connectivity index (χ2v) is 9.36. The predicted molar refractivity (Wildman–Crippen MR) is 141 cm³/mol. The van der Waals surface area contributed by atoms with Crippen molar-refractivity contribution < 1.29 is 0 Å². The summed E-state index contributed by atoms with van der Waals surface area (Å²) in [5.74, 6) is 0. The van der Waals surface area contributed by atoms with Gasteiger partial charge in [0, 0.05) is 48.1 Å². The van der Waals surface area contributed by atoms with Gasteiger partial charge in [-0.15, -0.1) is 0 Å². The fourth-order valence-electron chi connectivity index (χ4n) is 5.14. The highest BCUT2D eigenvalue weighted by Gasteiger charge is 2.42. The zero-order chi connectivity index (χ0) is 23.7. The molecule has 4 rings (SSSR count). The molecule has 2 atom stereocenters. The molecule has 0 radical (unpaired) electrons. The van der Waals surface area contributed by atoms with E-state index in [1.54, 1.807) is 0 Å². The van der Waals surface area contributed by atoms with Gasteiger partial charge >= 0.3 is 0 Å². The molecule has 1 aliphatic rings. The largest absolute Gasteiger partial charge is 0.372 e. The maximum Gasteiger partial charge on any atom is 0.170 e. The molecule has 3 aromatic rings. The quantitative estimate of drug-likeness (QED) is 0.456. The third-order valence-corrected chi connectivity index (χ3v) is 7.05. The van der Waals surface area contributed by atoms with Crippen molar-refractivity contribution in [3.8, 4) is 5.69 Å². The van der Waals surface area contributed by atoms with Crippen molar-refractivity contribution in [2.24, 2.45) is 0 Å². The number of thiocarbonyl (C=S) groups is 1. The number of hydrogen-bond acceptors (Lipinski definition) is 3. The number of aryl methyl sites for hydroxylation is 1. The number of hydrogen-bond donors (Lipinski definition) is 1. The van der Waals surface area contributed by atoms with Crippen LogP contribution in [0.25, 0.3) is 5.69 Å². The van der Waals surface area contributed by atoms with Gasteiger partial charge in [-0.1, -0.05) is 6.07 Å². The van der Waals surface area contributed by atoms with Crippen LogP contribution in [-0.2, 0) is 0 Å². The molecule has 174 valence electrons. The summed E-state index contributed by atoms with van der Waals surface area (Å²) in [6.45, 7) is 15.2. The number of rotatable bonds is 7. The summed E-state index contributed by atoms with van der Waals surface area (Å²) in [6, 6.07) is 17.7. The molecule has 6 heteroatoms. The molecule has 0 spiro atoms. The van der Waals surface area contributed by atoms with E-state index in [9.17, 15) is 0 Å². The molecule has 1 fully saturated rings. The van der Waals surface area contributed by atoms with Gasteiger partial charge in [0.25, 0.3) is 0 Å². The maximum atomic E-state index is 5.78. The van der Waals surface area contributed by atoms with E-state index in [0.29, 0.717) is 0 Å². The average Bonchev–Trinajstić information content (AvgIpc) is 3.31. The monoisotopic (exact) mass is 461 g/mol. The zero-order valence-electron chi connectivity index (χ0n) is 20.5. The van der Waals surface area contributed by atoms with Gasteiger partial charge in [0.05, 0.1) is 17.8 Å². The van der Waals surface area contributed by atoms with Crippen molar-refractivity contribution in [1.82, 2.24) is 19.8 Å². The highest BCUT2D eigenvalue weighted by Crippen LogP contribution is 2.42. The second kappa shape index (κ2) is 9.56. The first-order chi connectivity index (χ1) is 15.9. The van der Waals surface area contributed by atoms with Crippen molar-refractivity contribution >= 4 is 23.0 Å². The summed E-state index contributed by atoms with van der Waals surface area (Å²) in [6.07, 6.45) is 1.86. The molecule has 3 heterocycles. The van der Waals surface area contributed by atoms with Crippen molar-refractivity contribution in [1.29, 1.82) is 0 Å². The minimum atomic E-state index is 0.0140. The fraction of sp³-hybridized carbons (Fsp3) is 0.407. The second-order valence-electron chi connectivity index (χ2n) is 8.98. The SMILES string of the molecule is CCN(CC)c1ccc(-n2c(C)cc([C@H]3[C@@H](c4ccccn4)NC(=S)N3C(C)C)c2C)cc1. The Bertz CT molecular complexity index is 1100. The molecule has 1 saturated heterocycles. The number of benzene rings is 1. The first kappa shape index (κ1) is 23.3. The van der Waals surface area contributed by atoms with E-state index >= 15 is 0 Å². The van der Waals surface area contributed by atoms with E-state index in [2.05, 4.69) is 103 Å². The molecule has 1 aliphatic heterocycles.